The maximum atomic E-state index is 3.71. The van der Waals surface area contributed by atoms with Gasteiger partial charge in [0.15, 0.2) is 0 Å². The molecule has 1 atom stereocenters. The van der Waals surface area contributed by atoms with Crippen LogP contribution in [0.5, 0.6) is 0 Å². The van der Waals surface area contributed by atoms with Crippen LogP contribution in [0.15, 0.2) is 131 Å². The zero-order chi connectivity index (χ0) is 21.0. The van der Waals surface area contributed by atoms with Gasteiger partial charge in [0.05, 0.1) is 0 Å². The maximum absolute atomic E-state index is 3.71. The first kappa shape index (κ1) is 22.9. The molecule has 0 aromatic heterocycles. The van der Waals surface area contributed by atoms with Crippen LogP contribution >= 0.6 is 40.8 Å². The number of halogens is 2. The summed E-state index contributed by atoms with van der Waals surface area (Å²) in [5, 5.41) is 5.33. The topological polar surface area (TPSA) is 0 Å². The van der Waals surface area contributed by atoms with Crippen molar-refractivity contribution >= 4 is 68.3 Å². The first-order valence-electron chi connectivity index (χ1n) is 10.4. The molecule has 0 bridgehead atoms. The van der Waals surface area contributed by atoms with Crippen molar-refractivity contribution in [2.75, 3.05) is 0 Å². The monoisotopic (exact) mass is 560 g/mol. The first-order valence-corrected chi connectivity index (χ1v) is 12.6. The van der Waals surface area contributed by atoms with Crippen molar-refractivity contribution in [1.29, 1.82) is 0 Å². The van der Waals surface area contributed by atoms with Gasteiger partial charge in [-0.3, -0.25) is 0 Å². The third-order valence-electron chi connectivity index (χ3n) is 5.61. The Kier molecular flexibility index (Phi) is 7.58. The van der Waals surface area contributed by atoms with Crippen LogP contribution in [0.3, 0.4) is 0 Å². The van der Waals surface area contributed by atoms with Crippen LogP contribution in [-0.2, 0) is 0 Å². The van der Waals surface area contributed by atoms with Crippen molar-refractivity contribution in [3.05, 3.63) is 137 Å². The minimum Gasteiger partial charge on any atom is -0.114 e. The fraction of sp³-hybridized carbons (Fsp3) is 0.0345. The van der Waals surface area contributed by atoms with E-state index in [2.05, 4.69) is 143 Å². The Morgan fingerprint density at radius 3 is 1.91 bits per heavy atom. The quantitative estimate of drug-likeness (QED) is 0.220. The van der Waals surface area contributed by atoms with Crippen molar-refractivity contribution in [2.24, 2.45) is 0 Å². The summed E-state index contributed by atoms with van der Waals surface area (Å²) in [5.74, 6) is 0. The smallest absolute Gasteiger partial charge is 0.0305 e. The van der Waals surface area contributed by atoms with Crippen LogP contribution in [0.4, 0.5) is 0 Å². The fourth-order valence-corrected chi connectivity index (χ4v) is 7.29. The summed E-state index contributed by atoms with van der Waals surface area (Å²) < 4.78 is 1.14. The van der Waals surface area contributed by atoms with Crippen LogP contribution < -0.4 is 10.6 Å². The lowest BCUT2D eigenvalue weighted by atomic mass is 9.99. The molecule has 4 aromatic rings. The normalized spacial score (nSPS) is 16.4. The van der Waals surface area contributed by atoms with Gasteiger partial charge in [-0.05, 0) is 46.5 Å². The molecule has 3 heteroatoms. The molecule has 5 rings (SSSR count). The van der Waals surface area contributed by atoms with Crippen molar-refractivity contribution in [1.82, 2.24) is 0 Å². The van der Waals surface area contributed by atoms with Crippen LogP contribution in [0.2, 0.25) is 0 Å². The second-order valence-electron chi connectivity index (χ2n) is 7.56. The molecule has 158 valence electrons. The van der Waals surface area contributed by atoms with Gasteiger partial charge in [0.1, 0.15) is 0 Å². The Bertz CT molecular complexity index is 1250. The van der Waals surface area contributed by atoms with E-state index < -0.39 is 7.92 Å². The van der Waals surface area contributed by atoms with E-state index in [1.807, 2.05) is 0 Å². The zero-order valence-electron chi connectivity index (χ0n) is 17.4. The summed E-state index contributed by atoms with van der Waals surface area (Å²) in [6.45, 7) is 0. The van der Waals surface area contributed by atoms with E-state index in [0.29, 0.717) is 5.66 Å². The Labute approximate surface area is 210 Å². The molecule has 0 saturated heterocycles. The van der Waals surface area contributed by atoms with Gasteiger partial charge in [-0.15, -0.1) is 17.0 Å². The van der Waals surface area contributed by atoms with E-state index in [9.17, 15) is 0 Å². The standard InChI is InChI=1S/C29H22BrP.BrH/c30-28-20-19-22(26-16-8-9-17-27(26)28)21-23-11-7-10-18-29(23)31(24-12-3-1-4-13-24)25-14-5-2-6-15-25;/h1-21,29H;1H. The molecule has 32 heavy (non-hydrogen) atoms. The molecule has 0 N–H and O–H groups in total. The highest BCUT2D eigenvalue weighted by Gasteiger charge is 2.26. The molecule has 0 aliphatic heterocycles. The molecule has 0 nitrogen and oxygen atoms in total. The largest absolute Gasteiger partial charge is 0.114 e. The summed E-state index contributed by atoms with van der Waals surface area (Å²) in [4.78, 5) is 0. The highest BCUT2D eigenvalue weighted by Crippen LogP contribution is 2.46. The molecule has 1 unspecified atom stereocenters. The molecule has 4 aromatic carbocycles. The average Bonchev–Trinajstić information content (AvgIpc) is 2.84. The number of hydrogen-bond acceptors (Lipinski definition) is 0. The number of allylic oxidation sites excluding steroid dienone is 5. The van der Waals surface area contributed by atoms with Crippen molar-refractivity contribution in [2.45, 2.75) is 5.66 Å². The number of fused-ring (bicyclic) bond motifs is 1. The third kappa shape index (κ3) is 4.74. The maximum Gasteiger partial charge on any atom is 0.0305 e. The van der Waals surface area contributed by atoms with Gasteiger partial charge < -0.3 is 0 Å². The summed E-state index contributed by atoms with van der Waals surface area (Å²) in [6.07, 6.45) is 11.4. The molecule has 0 fully saturated rings. The van der Waals surface area contributed by atoms with Gasteiger partial charge in [0.25, 0.3) is 0 Å². The van der Waals surface area contributed by atoms with E-state index >= 15 is 0 Å². The fourth-order valence-electron chi connectivity index (χ4n) is 4.15. The van der Waals surface area contributed by atoms with Gasteiger partial charge in [-0.1, -0.05) is 137 Å². The zero-order valence-corrected chi connectivity index (χ0v) is 21.6. The van der Waals surface area contributed by atoms with E-state index in [-0.39, 0.29) is 17.0 Å². The second kappa shape index (κ2) is 10.6. The summed E-state index contributed by atoms with van der Waals surface area (Å²) >= 11 is 3.71. The lowest BCUT2D eigenvalue weighted by molar-refractivity contribution is 1.29. The first-order chi connectivity index (χ1) is 15.3. The lowest BCUT2D eigenvalue weighted by Gasteiger charge is -2.29. The van der Waals surface area contributed by atoms with E-state index in [4.69, 9.17) is 0 Å². The summed E-state index contributed by atoms with van der Waals surface area (Å²) in [6, 6.07) is 34.9. The number of benzene rings is 4. The third-order valence-corrected chi connectivity index (χ3v) is 9.04. The molecular formula is C29H23Br2P. The molecule has 0 amide bonds. The summed E-state index contributed by atoms with van der Waals surface area (Å²) in [5.41, 5.74) is 2.94. The van der Waals surface area contributed by atoms with Gasteiger partial charge in [-0.25, -0.2) is 0 Å². The minimum atomic E-state index is -0.570. The van der Waals surface area contributed by atoms with Crippen LogP contribution in [-0.4, -0.2) is 5.66 Å². The minimum absolute atomic E-state index is 0. The highest BCUT2D eigenvalue weighted by molar-refractivity contribution is 9.10. The SMILES string of the molecule is Br.Brc1ccc(C=C2C=CC=CC2P(c2ccccc2)c2ccccc2)c2ccccc12. The summed E-state index contributed by atoms with van der Waals surface area (Å²) in [7, 11) is -0.570. The number of rotatable bonds is 4. The Balaban J connectivity index is 0.00000245. The molecular weight excluding hydrogens is 539 g/mol. The Morgan fingerprint density at radius 2 is 1.25 bits per heavy atom. The van der Waals surface area contributed by atoms with E-state index in [1.165, 1.54) is 32.5 Å². The van der Waals surface area contributed by atoms with Gasteiger partial charge in [0.2, 0.25) is 0 Å². The van der Waals surface area contributed by atoms with Crippen molar-refractivity contribution in [3.63, 3.8) is 0 Å². The van der Waals surface area contributed by atoms with Crippen LogP contribution in [0.25, 0.3) is 16.8 Å². The molecule has 0 heterocycles. The molecule has 1 aliphatic rings. The predicted molar refractivity (Wildman–Crippen MR) is 151 cm³/mol. The van der Waals surface area contributed by atoms with E-state index in [0.717, 1.165) is 4.47 Å². The second-order valence-corrected chi connectivity index (χ2v) is 10.7. The Morgan fingerprint density at radius 1 is 0.656 bits per heavy atom. The van der Waals surface area contributed by atoms with Crippen molar-refractivity contribution in [3.8, 4) is 0 Å². The van der Waals surface area contributed by atoms with Crippen LogP contribution in [0.1, 0.15) is 5.56 Å². The number of hydrogen-bond donors (Lipinski definition) is 0. The van der Waals surface area contributed by atoms with Crippen LogP contribution in [0, 0.1) is 0 Å². The predicted octanol–water partition coefficient (Wildman–Crippen LogP) is 8.19. The molecule has 1 aliphatic carbocycles. The van der Waals surface area contributed by atoms with Crippen molar-refractivity contribution < 1.29 is 0 Å². The lowest BCUT2D eigenvalue weighted by Crippen LogP contribution is -2.22. The Hall–Kier alpha value is -2.25. The molecule has 0 spiro atoms. The molecule has 0 saturated carbocycles. The van der Waals surface area contributed by atoms with Gasteiger partial charge >= 0.3 is 0 Å². The van der Waals surface area contributed by atoms with E-state index in [1.54, 1.807) is 0 Å². The average molecular weight is 562 g/mol. The highest BCUT2D eigenvalue weighted by atomic mass is 79.9. The molecule has 0 radical (unpaired) electrons. The van der Waals surface area contributed by atoms with Gasteiger partial charge in [-0.2, -0.15) is 0 Å². The van der Waals surface area contributed by atoms with Gasteiger partial charge in [0, 0.05) is 10.1 Å².